The van der Waals surface area contributed by atoms with Gasteiger partial charge in [-0.3, -0.25) is 9.98 Å². The summed E-state index contributed by atoms with van der Waals surface area (Å²) in [5, 5.41) is 10.7. The van der Waals surface area contributed by atoms with Crippen LogP contribution in [0.1, 0.15) is 80.7 Å². The third kappa shape index (κ3) is 9.40. The topological polar surface area (TPSA) is 95.4 Å². The van der Waals surface area contributed by atoms with Crippen LogP contribution in [-0.2, 0) is 6.42 Å². The van der Waals surface area contributed by atoms with Crippen molar-refractivity contribution in [1.82, 2.24) is 25.3 Å². The van der Waals surface area contributed by atoms with Crippen molar-refractivity contribution in [3.63, 3.8) is 0 Å². The fourth-order valence-corrected chi connectivity index (χ4v) is 10.5. The Kier molecular flexibility index (Phi) is 16.1. The molecular formula is C60H59N7S2. The first-order chi connectivity index (χ1) is 33.5. The molecule has 1 aliphatic heterocycles. The normalized spacial score (nSPS) is 13.7. The second-order valence-corrected chi connectivity index (χ2v) is 17.5. The third-order valence-electron chi connectivity index (χ3n) is 11.8. The van der Waals surface area contributed by atoms with Crippen molar-refractivity contribution in [2.45, 2.75) is 68.7 Å². The van der Waals surface area contributed by atoms with Crippen molar-refractivity contribution in [2.24, 2.45) is 9.98 Å². The molecule has 3 N–H and O–H groups in total. The van der Waals surface area contributed by atoms with E-state index in [0.717, 1.165) is 77.0 Å². The maximum Gasteiger partial charge on any atom is 0.124 e. The van der Waals surface area contributed by atoms with Crippen LogP contribution in [0.25, 0.3) is 82.9 Å². The molecule has 0 bridgehead atoms. The van der Waals surface area contributed by atoms with Gasteiger partial charge in [-0.2, -0.15) is 0 Å². The first-order valence-electron chi connectivity index (χ1n) is 23.4. The van der Waals surface area contributed by atoms with Crippen LogP contribution < -0.4 is 6.15 Å². The van der Waals surface area contributed by atoms with Gasteiger partial charge in [-0.25, -0.2) is 9.97 Å². The van der Waals surface area contributed by atoms with Crippen LogP contribution >= 0.6 is 22.7 Å². The standard InChI is InChI=1S/C56H44N6S2.2C2H6.H3N/c1-6-15-41(7-2)61-52-37(5)31-39(43-22-24-58-25-23-48(43)56-60-27-29-64-56)33-50(52)47-21-13-18-44(54(47)61)45-19-14-20-46-49-32-38(40(35-57-8-3)34-51-59-26-28-63-51)30-36(4)53(49)62(55(45)46)42-16-11-9-10-12-17-42;2*1-2;/h6-9,11-21,23-33,35H,34H2,1-5H3;2*1-2H3;1H3/b15-6-,40-35+,41-7+,57-8?;;;. The average Bonchev–Trinajstić information content (AvgIpc) is 4.15. The molecule has 0 atom stereocenters. The fourth-order valence-electron chi connectivity index (χ4n) is 9.22. The van der Waals surface area contributed by atoms with E-state index in [1.165, 1.54) is 38.1 Å². The number of aryl methyl sites for hydroxylation is 2. The van der Waals surface area contributed by atoms with E-state index in [0.29, 0.717) is 6.42 Å². The zero-order valence-electron chi connectivity index (χ0n) is 41.0. The highest BCUT2D eigenvalue weighted by Gasteiger charge is 2.25. The van der Waals surface area contributed by atoms with Crippen LogP contribution in [0.3, 0.4) is 0 Å². The molecule has 0 amide bonds. The summed E-state index contributed by atoms with van der Waals surface area (Å²) in [6, 6.07) is 22.8. The molecule has 10 rings (SSSR count). The molecule has 0 saturated heterocycles. The minimum atomic E-state index is 0. The van der Waals surface area contributed by atoms with Crippen LogP contribution in [-0.4, -0.2) is 31.5 Å². The number of thiazole rings is 2. The lowest BCUT2D eigenvalue weighted by Crippen LogP contribution is -2.00. The Morgan fingerprint density at radius 1 is 0.768 bits per heavy atom. The summed E-state index contributed by atoms with van der Waals surface area (Å²) in [6.45, 7) is 18.6. The van der Waals surface area contributed by atoms with E-state index in [1.807, 2.05) is 94.6 Å². The van der Waals surface area contributed by atoms with E-state index in [-0.39, 0.29) is 6.15 Å². The molecule has 1 aliphatic carbocycles. The predicted octanol–water partition coefficient (Wildman–Crippen LogP) is 17.2. The maximum absolute atomic E-state index is 4.69. The highest BCUT2D eigenvalue weighted by atomic mass is 32.1. The van der Waals surface area contributed by atoms with Crippen molar-refractivity contribution in [1.29, 1.82) is 0 Å². The molecule has 0 fully saturated rings. The van der Waals surface area contributed by atoms with Crippen LogP contribution in [0.2, 0.25) is 0 Å². The van der Waals surface area contributed by atoms with E-state index in [9.17, 15) is 0 Å². The van der Waals surface area contributed by atoms with Gasteiger partial charge in [-0.15, -0.1) is 28.4 Å². The van der Waals surface area contributed by atoms with Crippen molar-refractivity contribution in [2.75, 3.05) is 0 Å². The number of aliphatic imine (C=N–C) groups is 2. The summed E-state index contributed by atoms with van der Waals surface area (Å²) in [4.78, 5) is 18.4. The SMILES string of the molecule is CC.CC.CC=N/C=C(\Cc1nccs1)c1cc(C)c2c(c1)c1cccc(-c3cccc4c5cc(C6=C=CN=CC=C6c6nccs6)cc(C)c5n(C(/C=C\C)=C/C)c34)c1n2C1=CC=C=CC=C1.N. The molecular weight excluding hydrogens is 883 g/mol. The summed E-state index contributed by atoms with van der Waals surface area (Å²) in [7, 11) is 0. The molecule has 4 aromatic carbocycles. The molecule has 0 spiro atoms. The lowest BCUT2D eigenvalue weighted by molar-refractivity contribution is 1.19. The van der Waals surface area contributed by atoms with Crippen molar-refractivity contribution in [3.8, 4) is 11.1 Å². The zero-order valence-corrected chi connectivity index (χ0v) is 42.6. The number of nitrogens with zero attached hydrogens (tertiary/aromatic N) is 6. The van der Waals surface area contributed by atoms with Gasteiger partial charge < -0.3 is 15.3 Å². The van der Waals surface area contributed by atoms with Crippen molar-refractivity contribution < 1.29 is 0 Å². The summed E-state index contributed by atoms with van der Waals surface area (Å²) in [5.41, 5.74) is 23.5. The van der Waals surface area contributed by atoms with E-state index >= 15 is 0 Å². The van der Waals surface area contributed by atoms with Gasteiger partial charge in [0, 0.05) is 103 Å². The van der Waals surface area contributed by atoms with Gasteiger partial charge in [0.1, 0.15) is 5.01 Å². The highest BCUT2D eigenvalue weighted by molar-refractivity contribution is 7.11. The Hall–Kier alpha value is -7.48. The Labute approximate surface area is 414 Å². The molecule has 4 aromatic heterocycles. The molecule has 5 heterocycles. The second-order valence-electron chi connectivity index (χ2n) is 15.6. The molecule has 0 saturated carbocycles. The van der Waals surface area contributed by atoms with Gasteiger partial charge in [0.15, 0.2) is 0 Å². The largest absolute Gasteiger partial charge is 0.344 e. The van der Waals surface area contributed by atoms with Gasteiger partial charge in [0.2, 0.25) is 0 Å². The summed E-state index contributed by atoms with van der Waals surface area (Å²) < 4.78 is 4.92. The minimum Gasteiger partial charge on any atom is -0.344 e. The van der Waals surface area contributed by atoms with E-state index in [2.05, 4.69) is 160 Å². The number of benzene rings is 4. The van der Waals surface area contributed by atoms with Crippen LogP contribution in [0.15, 0.2) is 172 Å². The lowest BCUT2D eigenvalue weighted by Gasteiger charge is -2.16. The first-order valence-corrected chi connectivity index (χ1v) is 25.1. The fraction of sp³-hybridized carbons (Fsp3) is 0.167. The number of aromatic nitrogens is 4. The van der Waals surface area contributed by atoms with Crippen LogP contribution in [0.5, 0.6) is 0 Å². The smallest absolute Gasteiger partial charge is 0.124 e. The number of hydrogen-bond acceptors (Lipinski definition) is 7. The Bertz CT molecular complexity index is 3580. The van der Waals surface area contributed by atoms with Gasteiger partial charge >= 0.3 is 0 Å². The number of para-hydroxylation sites is 2. The Balaban J connectivity index is 0.00000137. The predicted molar refractivity (Wildman–Crippen MR) is 304 cm³/mol. The molecule has 346 valence electrons. The van der Waals surface area contributed by atoms with Gasteiger partial charge in [0.05, 0.1) is 33.3 Å². The van der Waals surface area contributed by atoms with Crippen molar-refractivity contribution >= 4 is 107 Å². The first kappa shape index (κ1) is 49.4. The summed E-state index contributed by atoms with van der Waals surface area (Å²) in [6.07, 6.45) is 30.8. The number of hydrogen-bond donors (Lipinski definition) is 1. The molecule has 2 aliphatic rings. The van der Waals surface area contributed by atoms with E-state index in [4.69, 9.17) is 4.98 Å². The molecule has 7 nitrogen and oxygen atoms in total. The Morgan fingerprint density at radius 2 is 1.49 bits per heavy atom. The minimum absolute atomic E-state index is 0. The van der Waals surface area contributed by atoms with E-state index < -0.39 is 0 Å². The number of rotatable bonds is 10. The summed E-state index contributed by atoms with van der Waals surface area (Å²) >= 11 is 3.29. The Morgan fingerprint density at radius 3 is 2.20 bits per heavy atom. The third-order valence-corrected chi connectivity index (χ3v) is 13.4. The maximum atomic E-state index is 4.69. The monoisotopic (exact) mass is 941 g/mol. The van der Waals surface area contributed by atoms with E-state index in [1.54, 1.807) is 28.9 Å². The van der Waals surface area contributed by atoms with Crippen LogP contribution in [0.4, 0.5) is 0 Å². The molecule has 8 aromatic rings. The zero-order chi connectivity index (χ0) is 47.7. The molecule has 0 unspecified atom stereocenters. The van der Waals surface area contributed by atoms with Crippen LogP contribution in [0, 0.1) is 13.8 Å². The lowest BCUT2D eigenvalue weighted by atomic mass is 9.94. The van der Waals surface area contributed by atoms with Gasteiger partial charge in [-0.05, 0) is 123 Å². The van der Waals surface area contributed by atoms with Gasteiger partial charge in [-0.1, -0.05) is 88.1 Å². The quantitative estimate of drug-likeness (QED) is 0.0840. The number of fused-ring (bicyclic) bond motifs is 6. The summed E-state index contributed by atoms with van der Waals surface area (Å²) in [5.74, 6) is 0. The second kappa shape index (κ2) is 22.5. The number of allylic oxidation sites excluding steroid dienone is 13. The average molecular weight is 942 g/mol. The molecule has 9 heteroatoms. The van der Waals surface area contributed by atoms with Gasteiger partial charge in [0.25, 0.3) is 0 Å². The molecule has 0 radical (unpaired) electrons. The van der Waals surface area contributed by atoms with Crippen molar-refractivity contribution in [3.05, 3.63) is 195 Å². The molecule has 69 heavy (non-hydrogen) atoms. The highest BCUT2D eigenvalue weighted by Crippen LogP contribution is 2.46.